The number of rotatable bonds is 3. The van der Waals surface area contributed by atoms with Crippen LogP contribution in [0.15, 0.2) is 54.6 Å². The minimum Gasteiger partial charge on any atom is -0.347 e. The van der Waals surface area contributed by atoms with Crippen molar-refractivity contribution >= 4 is 0 Å². The van der Waals surface area contributed by atoms with Crippen molar-refractivity contribution in [2.24, 2.45) is 0 Å². The molecule has 1 aliphatic carbocycles. The van der Waals surface area contributed by atoms with E-state index in [2.05, 4.69) is 55.5 Å². The molecule has 2 aromatic rings. The molecule has 1 heterocycles. The SMILES string of the molecule is C[C@H](c1ccc(-c2ccccc2)cc1)[C@H]1CCOC2(CCCC2)OO1. The molecule has 1 aliphatic heterocycles. The summed E-state index contributed by atoms with van der Waals surface area (Å²) in [6, 6.07) is 19.2. The van der Waals surface area contributed by atoms with Gasteiger partial charge in [0, 0.05) is 25.2 Å². The Morgan fingerprint density at radius 2 is 1.60 bits per heavy atom. The normalized spacial score (nSPS) is 24.1. The quantitative estimate of drug-likeness (QED) is 0.695. The molecule has 3 nitrogen and oxygen atoms in total. The molecular formula is C22H26O3. The van der Waals surface area contributed by atoms with E-state index in [0.717, 1.165) is 32.1 Å². The standard InChI is InChI=1S/C22H26O3/c1-17(21-13-16-23-22(25-24-21)14-5-6-15-22)18-9-11-20(12-10-18)19-7-3-2-4-8-19/h2-4,7-12,17,21H,5-6,13-16H2,1H3/t17-,21-/m1/s1. The molecule has 0 unspecified atom stereocenters. The van der Waals surface area contributed by atoms with Gasteiger partial charge in [-0.2, -0.15) is 0 Å². The van der Waals surface area contributed by atoms with Gasteiger partial charge < -0.3 is 4.74 Å². The maximum atomic E-state index is 6.00. The highest BCUT2D eigenvalue weighted by Gasteiger charge is 2.41. The van der Waals surface area contributed by atoms with Crippen LogP contribution in [0.1, 0.15) is 50.5 Å². The van der Waals surface area contributed by atoms with Crippen molar-refractivity contribution in [1.82, 2.24) is 0 Å². The van der Waals surface area contributed by atoms with Crippen molar-refractivity contribution in [3.63, 3.8) is 0 Å². The third-order valence-corrected chi connectivity index (χ3v) is 5.56. The van der Waals surface area contributed by atoms with E-state index >= 15 is 0 Å². The fourth-order valence-electron chi connectivity index (χ4n) is 3.88. The summed E-state index contributed by atoms with van der Waals surface area (Å²) in [6.45, 7) is 2.91. The van der Waals surface area contributed by atoms with Gasteiger partial charge in [0.15, 0.2) is 0 Å². The number of hydrogen-bond donors (Lipinski definition) is 0. The molecule has 0 radical (unpaired) electrons. The first kappa shape index (κ1) is 16.8. The van der Waals surface area contributed by atoms with Gasteiger partial charge in [-0.15, -0.1) is 0 Å². The molecule has 132 valence electrons. The van der Waals surface area contributed by atoms with Crippen molar-refractivity contribution in [3.05, 3.63) is 60.2 Å². The lowest BCUT2D eigenvalue weighted by Crippen LogP contribution is -2.31. The van der Waals surface area contributed by atoms with Crippen molar-refractivity contribution in [3.8, 4) is 11.1 Å². The molecule has 0 aromatic heterocycles. The van der Waals surface area contributed by atoms with Gasteiger partial charge >= 0.3 is 0 Å². The minimum absolute atomic E-state index is 0.0301. The van der Waals surface area contributed by atoms with Crippen LogP contribution in [0, 0.1) is 0 Å². The molecule has 4 rings (SSSR count). The molecule has 2 fully saturated rings. The summed E-state index contributed by atoms with van der Waals surface area (Å²) in [7, 11) is 0. The minimum atomic E-state index is -0.481. The molecule has 1 saturated carbocycles. The summed E-state index contributed by atoms with van der Waals surface area (Å²) in [5.41, 5.74) is 3.76. The van der Waals surface area contributed by atoms with Crippen LogP contribution in [-0.4, -0.2) is 18.5 Å². The van der Waals surface area contributed by atoms with E-state index in [1.807, 2.05) is 6.07 Å². The van der Waals surface area contributed by atoms with Gasteiger partial charge in [0.25, 0.3) is 0 Å². The monoisotopic (exact) mass is 338 g/mol. The van der Waals surface area contributed by atoms with E-state index in [-0.39, 0.29) is 12.0 Å². The number of benzene rings is 2. The Labute approximate surface area is 149 Å². The molecular weight excluding hydrogens is 312 g/mol. The first-order valence-electron chi connectivity index (χ1n) is 9.40. The predicted octanol–water partition coefficient (Wildman–Crippen LogP) is 5.46. The van der Waals surface area contributed by atoms with E-state index in [0.29, 0.717) is 6.61 Å². The molecule has 1 saturated heterocycles. The summed E-state index contributed by atoms with van der Waals surface area (Å²) >= 11 is 0. The fourth-order valence-corrected chi connectivity index (χ4v) is 3.88. The molecule has 0 amide bonds. The second-order valence-corrected chi connectivity index (χ2v) is 7.25. The van der Waals surface area contributed by atoms with Crippen molar-refractivity contribution in [1.29, 1.82) is 0 Å². The Morgan fingerprint density at radius 3 is 2.32 bits per heavy atom. The van der Waals surface area contributed by atoms with E-state index in [9.17, 15) is 0 Å². The lowest BCUT2D eigenvalue weighted by molar-refractivity contribution is -0.428. The van der Waals surface area contributed by atoms with Crippen LogP contribution in [0.3, 0.4) is 0 Å². The van der Waals surface area contributed by atoms with E-state index in [1.54, 1.807) is 0 Å². The third-order valence-electron chi connectivity index (χ3n) is 5.56. The Balaban J connectivity index is 1.44. The molecule has 0 N–H and O–H groups in total. The average Bonchev–Trinajstić information content (AvgIpc) is 3.03. The van der Waals surface area contributed by atoms with Crippen molar-refractivity contribution in [2.75, 3.05) is 6.61 Å². The largest absolute Gasteiger partial charge is 0.347 e. The summed E-state index contributed by atoms with van der Waals surface area (Å²) in [5.74, 6) is -0.212. The zero-order chi connectivity index (χ0) is 17.1. The first-order chi connectivity index (χ1) is 12.3. The van der Waals surface area contributed by atoms with Gasteiger partial charge in [-0.25, -0.2) is 9.78 Å². The van der Waals surface area contributed by atoms with Gasteiger partial charge in [-0.1, -0.05) is 61.5 Å². The van der Waals surface area contributed by atoms with Crippen LogP contribution >= 0.6 is 0 Å². The van der Waals surface area contributed by atoms with Crippen LogP contribution in [0.2, 0.25) is 0 Å². The van der Waals surface area contributed by atoms with E-state index in [1.165, 1.54) is 16.7 Å². The molecule has 2 atom stereocenters. The Kier molecular flexibility index (Phi) is 4.89. The van der Waals surface area contributed by atoms with Crippen LogP contribution in [-0.2, 0) is 14.5 Å². The van der Waals surface area contributed by atoms with Crippen LogP contribution in [0.25, 0.3) is 11.1 Å². The Hall–Kier alpha value is -1.68. The zero-order valence-corrected chi connectivity index (χ0v) is 14.8. The lowest BCUT2D eigenvalue weighted by Gasteiger charge is -2.26. The highest BCUT2D eigenvalue weighted by Crippen LogP contribution is 2.38. The predicted molar refractivity (Wildman–Crippen MR) is 98.0 cm³/mol. The van der Waals surface area contributed by atoms with Gasteiger partial charge in [-0.05, 0) is 29.5 Å². The maximum absolute atomic E-state index is 6.00. The lowest BCUT2D eigenvalue weighted by atomic mass is 9.92. The fraction of sp³-hybridized carbons (Fsp3) is 0.455. The van der Waals surface area contributed by atoms with Crippen molar-refractivity contribution < 1.29 is 14.5 Å². The van der Waals surface area contributed by atoms with Gasteiger partial charge in [-0.3, -0.25) is 0 Å². The highest BCUT2D eigenvalue weighted by atomic mass is 17.2. The number of hydrogen-bond acceptors (Lipinski definition) is 3. The van der Waals surface area contributed by atoms with E-state index < -0.39 is 5.79 Å². The topological polar surface area (TPSA) is 27.7 Å². The molecule has 25 heavy (non-hydrogen) atoms. The number of ether oxygens (including phenoxy) is 1. The summed E-state index contributed by atoms with van der Waals surface area (Å²) < 4.78 is 6.00. The zero-order valence-electron chi connectivity index (χ0n) is 14.8. The molecule has 2 aromatic carbocycles. The molecule has 2 aliphatic rings. The Bertz CT molecular complexity index is 674. The van der Waals surface area contributed by atoms with Crippen LogP contribution < -0.4 is 0 Å². The smallest absolute Gasteiger partial charge is 0.201 e. The molecule has 0 bridgehead atoms. The van der Waals surface area contributed by atoms with Crippen LogP contribution in [0.5, 0.6) is 0 Å². The summed E-state index contributed by atoms with van der Waals surface area (Å²) in [4.78, 5) is 11.6. The molecule has 1 spiro atoms. The van der Waals surface area contributed by atoms with Gasteiger partial charge in [0.1, 0.15) is 6.10 Å². The summed E-state index contributed by atoms with van der Waals surface area (Å²) in [6.07, 6.45) is 5.10. The van der Waals surface area contributed by atoms with Crippen molar-refractivity contribution in [2.45, 2.75) is 56.8 Å². The second-order valence-electron chi connectivity index (χ2n) is 7.25. The maximum Gasteiger partial charge on any atom is 0.201 e. The van der Waals surface area contributed by atoms with E-state index in [4.69, 9.17) is 14.5 Å². The highest BCUT2D eigenvalue weighted by molar-refractivity contribution is 5.63. The van der Waals surface area contributed by atoms with Gasteiger partial charge in [0.05, 0.1) is 6.61 Å². The van der Waals surface area contributed by atoms with Crippen LogP contribution in [0.4, 0.5) is 0 Å². The van der Waals surface area contributed by atoms with Gasteiger partial charge in [0.2, 0.25) is 5.79 Å². The first-order valence-corrected chi connectivity index (χ1v) is 9.40. The third kappa shape index (κ3) is 3.64. The average molecular weight is 338 g/mol. The second kappa shape index (κ2) is 7.28. The Morgan fingerprint density at radius 1 is 0.920 bits per heavy atom. The molecule has 3 heteroatoms. The summed E-state index contributed by atoms with van der Waals surface area (Å²) in [5, 5.41) is 0.